The van der Waals surface area contributed by atoms with Crippen LogP contribution in [0.25, 0.3) is 0 Å². The number of amides is 1. The number of nitrogens with zero attached hydrogens (tertiary/aromatic N) is 3. The number of ether oxygens (including phenoxy) is 1. The summed E-state index contributed by atoms with van der Waals surface area (Å²) >= 11 is 1.41. The molecule has 0 bridgehead atoms. The Balaban J connectivity index is 2.04. The second kappa shape index (κ2) is 10.3. The summed E-state index contributed by atoms with van der Waals surface area (Å²) in [6.45, 7) is 11.5. The molecule has 148 valence electrons. The molecule has 2 aromatic rings. The molecule has 0 spiro atoms. The lowest BCUT2D eigenvalue weighted by Gasteiger charge is -2.13. The Morgan fingerprint density at radius 1 is 1.19 bits per heavy atom. The number of hydrogen-bond donors (Lipinski definition) is 1. The first kappa shape index (κ1) is 21.3. The minimum atomic E-state index is 0.00270. The third-order valence-electron chi connectivity index (χ3n) is 3.82. The van der Waals surface area contributed by atoms with Gasteiger partial charge in [-0.2, -0.15) is 0 Å². The lowest BCUT2D eigenvalue weighted by Crippen LogP contribution is -2.31. The topological polar surface area (TPSA) is 69.0 Å². The third-order valence-corrected chi connectivity index (χ3v) is 4.79. The number of thioether (sulfide) groups is 1. The molecular formula is C20H30N4O2S. The quantitative estimate of drug-likeness (QED) is 0.627. The van der Waals surface area contributed by atoms with Crippen molar-refractivity contribution in [3.05, 3.63) is 35.7 Å². The minimum Gasteiger partial charge on any atom is -0.486 e. The zero-order chi connectivity index (χ0) is 19.8. The predicted octanol–water partition coefficient (Wildman–Crippen LogP) is 3.69. The van der Waals surface area contributed by atoms with Gasteiger partial charge >= 0.3 is 0 Å². The van der Waals surface area contributed by atoms with Crippen molar-refractivity contribution >= 4 is 17.7 Å². The molecule has 0 atom stereocenters. The fraction of sp³-hybridized carbons (Fsp3) is 0.550. The number of nitrogens with one attached hydrogen (secondary N) is 1. The van der Waals surface area contributed by atoms with Gasteiger partial charge in [0.2, 0.25) is 5.91 Å². The maximum atomic E-state index is 11.9. The number of carbonyl (C=O) groups is 1. The molecule has 0 unspecified atom stereocenters. The normalized spacial score (nSPS) is 11.2. The average Bonchev–Trinajstić information content (AvgIpc) is 2.99. The van der Waals surface area contributed by atoms with Crippen molar-refractivity contribution in [1.82, 2.24) is 20.1 Å². The Labute approximate surface area is 166 Å². The predicted molar refractivity (Wildman–Crippen MR) is 109 cm³/mol. The number of rotatable bonds is 10. The molecule has 1 aromatic carbocycles. The maximum Gasteiger partial charge on any atom is 0.230 e. The molecule has 1 aromatic heterocycles. The fourth-order valence-corrected chi connectivity index (χ4v) is 3.32. The van der Waals surface area contributed by atoms with E-state index in [2.05, 4.69) is 53.0 Å². The van der Waals surface area contributed by atoms with Crippen molar-refractivity contribution in [2.45, 2.75) is 65.4 Å². The lowest BCUT2D eigenvalue weighted by atomic mass is 10.2. The summed E-state index contributed by atoms with van der Waals surface area (Å²) in [4.78, 5) is 11.9. The van der Waals surface area contributed by atoms with E-state index in [-0.39, 0.29) is 11.9 Å². The molecule has 1 N–H and O–H groups in total. The molecule has 6 nitrogen and oxygen atoms in total. The molecule has 1 amide bonds. The van der Waals surface area contributed by atoms with Crippen molar-refractivity contribution in [3.8, 4) is 5.75 Å². The molecule has 0 radical (unpaired) electrons. The highest BCUT2D eigenvalue weighted by molar-refractivity contribution is 7.99. The van der Waals surface area contributed by atoms with E-state index in [1.807, 2.05) is 26.0 Å². The van der Waals surface area contributed by atoms with Crippen LogP contribution in [0, 0.1) is 5.92 Å². The first-order valence-electron chi connectivity index (χ1n) is 9.45. The Kier molecular flexibility index (Phi) is 8.16. The molecule has 0 aliphatic carbocycles. The zero-order valence-electron chi connectivity index (χ0n) is 16.9. The van der Waals surface area contributed by atoms with Gasteiger partial charge in [-0.1, -0.05) is 44.7 Å². The second-order valence-electron chi connectivity index (χ2n) is 7.20. The molecule has 7 heteroatoms. The SMILES string of the molecule is CCc1ccc(OCc2nnc(SCC(=O)NC(C)C)n2CC(C)C)cc1. The second-order valence-corrected chi connectivity index (χ2v) is 8.14. The van der Waals surface area contributed by atoms with Crippen molar-refractivity contribution < 1.29 is 9.53 Å². The van der Waals surface area contributed by atoms with Crippen LogP contribution in [-0.2, 0) is 24.4 Å². The van der Waals surface area contributed by atoms with E-state index in [9.17, 15) is 4.79 Å². The smallest absolute Gasteiger partial charge is 0.230 e. The van der Waals surface area contributed by atoms with E-state index < -0.39 is 0 Å². The largest absolute Gasteiger partial charge is 0.486 e. The van der Waals surface area contributed by atoms with Gasteiger partial charge in [0.15, 0.2) is 11.0 Å². The Morgan fingerprint density at radius 3 is 2.48 bits per heavy atom. The monoisotopic (exact) mass is 390 g/mol. The van der Waals surface area contributed by atoms with Crippen molar-refractivity contribution in [1.29, 1.82) is 0 Å². The van der Waals surface area contributed by atoms with E-state index in [4.69, 9.17) is 4.74 Å². The summed E-state index contributed by atoms with van der Waals surface area (Å²) in [6, 6.07) is 8.24. The molecule has 0 fully saturated rings. The summed E-state index contributed by atoms with van der Waals surface area (Å²) in [5.74, 6) is 2.36. The van der Waals surface area contributed by atoms with Crippen LogP contribution < -0.4 is 10.1 Å². The zero-order valence-corrected chi connectivity index (χ0v) is 17.7. The lowest BCUT2D eigenvalue weighted by molar-refractivity contribution is -0.119. The van der Waals surface area contributed by atoms with Gasteiger partial charge < -0.3 is 14.6 Å². The summed E-state index contributed by atoms with van der Waals surface area (Å²) in [5, 5.41) is 12.2. The number of aryl methyl sites for hydroxylation is 1. The maximum absolute atomic E-state index is 11.9. The molecule has 0 aliphatic rings. The average molecular weight is 391 g/mol. The molecule has 0 saturated heterocycles. The first-order valence-corrected chi connectivity index (χ1v) is 10.4. The van der Waals surface area contributed by atoms with E-state index in [0.29, 0.717) is 18.3 Å². The van der Waals surface area contributed by atoms with Gasteiger partial charge in [0.25, 0.3) is 0 Å². The van der Waals surface area contributed by atoms with Gasteiger partial charge in [0.05, 0.1) is 5.75 Å². The highest BCUT2D eigenvalue weighted by atomic mass is 32.2. The molecule has 1 heterocycles. The van der Waals surface area contributed by atoms with Gasteiger partial charge in [-0.05, 0) is 43.9 Å². The standard InChI is InChI=1S/C20H30N4O2S/c1-6-16-7-9-17(10-8-16)26-12-18-22-23-20(24(18)11-14(2)3)27-13-19(25)21-15(4)5/h7-10,14-15H,6,11-13H2,1-5H3,(H,21,25). The van der Waals surface area contributed by atoms with Crippen LogP contribution in [0.3, 0.4) is 0 Å². The minimum absolute atomic E-state index is 0.00270. The highest BCUT2D eigenvalue weighted by Crippen LogP contribution is 2.20. The van der Waals surface area contributed by atoms with Crippen molar-refractivity contribution in [2.24, 2.45) is 5.92 Å². The number of carbonyl (C=O) groups excluding carboxylic acids is 1. The summed E-state index contributed by atoms with van der Waals surface area (Å²) < 4.78 is 7.95. The number of aromatic nitrogens is 3. The summed E-state index contributed by atoms with van der Waals surface area (Å²) in [5.41, 5.74) is 1.28. The Bertz CT molecular complexity index is 726. The van der Waals surface area contributed by atoms with Crippen LogP contribution in [0.1, 0.15) is 46.0 Å². The van der Waals surface area contributed by atoms with Crippen LogP contribution in [0.5, 0.6) is 5.75 Å². The molecule has 27 heavy (non-hydrogen) atoms. The number of benzene rings is 1. The highest BCUT2D eigenvalue weighted by Gasteiger charge is 2.16. The summed E-state index contributed by atoms with van der Waals surface area (Å²) in [6.07, 6.45) is 1.01. The fourth-order valence-electron chi connectivity index (χ4n) is 2.54. The van der Waals surface area contributed by atoms with Crippen LogP contribution in [-0.4, -0.2) is 32.5 Å². The van der Waals surface area contributed by atoms with Gasteiger partial charge in [-0.25, -0.2) is 0 Å². The van der Waals surface area contributed by atoms with E-state index >= 15 is 0 Å². The van der Waals surface area contributed by atoms with Gasteiger partial charge in [0, 0.05) is 12.6 Å². The van der Waals surface area contributed by atoms with Crippen LogP contribution in [0.2, 0.25) is 0 Å². The summed E-state index contributed by atoms with van der Waals surface area (Å²) in [7, 11) is 0. The molecular weight excluding hydrogens is 360 g/mol. The van der Waals surface area contributed by atoms with E-state index in [1.54, 1.807) is 0 Å². The Morgan fingerprint density at radius 2 is 1.89 bits per heavy atom. The van der Waals surface area contributed by atoms with Crippen LogP contribution in [0.15, 0.2) is 29.4 Å². The molecule has 0 saturated carbocycles. The number of hydrogen-bond acceptors (Lipinski definition) is 5. The van der Waals surface area contributed by atoms with E-state index in [1.165, 1.54) is 17.3 Å². The van der Waals surface area contributed by atoms with Gasteiger partial charge in [-0.3, -0.25) is 4.79 Å². The van der Waals surface area contributed by atoms with Crippen molar-refractivity contribution in [3.63, 3.8) is 0 Å². The van der Waals surface area contributed by atoms with Crippen molar-refractivity contribution in [2.75, 3.05) is 5.75 Å². The van der Waals surface area contributed by atoms with Gasteiger partial charge in [-0.15, -0.1) is 10.2 Å². The molecule has 0 aliphatic heterocycles. The van der Waals surface area contributed by atoms with Crippen LogP contribution >= 0.6 is 11.8 Å². The molecule has 2 rings (SSSR count). The first-order chi connectivity index (χ1) is 12.9. The van der Waals surface area contributed by atoms with Gasteiger partial charge in [0.1, 0.15) is 12.4 Å². The van der Waals surface area contributed by atoms with E-state index in [0.717, 1.165) is 29.7 Å². The Hall–Kier alpha value is -2.02. The third kappa shape index (κ3) is 6.90. The van der Waals surface area contributed by atoms with Crippen LogP contribution in [0.4, 0.5) is 0 Å².